The van der Waals surface area contributed by atoms with Crippen molar-refractivity contribution in [3.63, 3.8) is 0 Å². The molecule has 28 heavy (non-hydrogen) atoms. The highest BCUT2D eigenvalue weighted by Crippen LogP contribution is 2.22. The molecular weight excluding hydrogens is 382 g/mol. The first-order valence-corrected chi connectivity index (χ1v) is 9.47. The number of urea groups is 1. The Hall–Kier alpha value is -3.20. The molecular formula is C19H19N3O5S. The van der Waals surface area contributed by atoms with Crippen LogP contribution in [0, 0.1) is 0 Å². The molecule has 2 N–H and O–H groups in total. The molecule has 1 atom stereocenters. The van der Waals surface area contributed by atoms with Gasteiger partial charge in [-0.25, -0.2) is 19.4 Å². The normalized spacial score (nSPS) is 16.8. The van der Waals surface area contributed by atoms with E-state index >= 15 is 0 Å². The number of nitrogens with zero attached hydrogens (tertiary/aromatic N) is 1. The highest BCUT2D eigenvalue weighted by Gasteiger charge is 2.30. The largest absolute Gasteiger partial charge is 0.463 e. The second-order valence-electron chi connectivity index (χ2n) is 5.89. The van der Waals surface area contributed by atoms with E-state index in [1.165, 1.54) is 17.4 Å². The first-order valence-electron chi connectivity index (χ1n) is 8.66. The molecule has 1 aromatic carbocycles. The fraction of sp³-hybridized carbons (Fsp3) is 0.263. The van der Waals surface area contributed by atoms with E-state index in [9.17, 15) is 14.4 Å². The molecule has 0 fully saturated rings. The molecule has 0 saturated heterocycles. The number of esters is 2. The average Bonchev–Trinajstić information content (AvgIpc) is 3.07. The quantitative estimate of drug-likeness (QED) is 0.569. The number of thiazole rings is 1. The van der Waals surface area contributed by atoms with Gasteiger partial charge in [0.05, 0.1) is 34.1 Å². The van der Waals surface area contributed by atoms with Gasteiger partial charge in [0.2, 0.25) is 0 Å². The zero-order valence-electron chi connectivity index (χ0n) is 15.4. The lowest BCUT2D eigenvalue weighted by Gasteiger charge is -2.26. The zero-order chi connectivity index (χ0) is 20.1. The molecule has 0 aliphatic carbocycles. The Bertz CT molecular complexity index is 946. The van der Waals surface area contributed by atoms with E-state index in [0.717, 1.165) is 10.2 Å². The fourth-order valence-corrected chi connectivity index (χ4v) is 3.56. The summed E-state index contributed by atoms with van der Waals surface area (Å²) in [4.78, 5) is 40.3. The number of nitrogens with one attached hydrogen (secondary N) is 2. The first-order chi connectivity index (χ1) is 13.5. The number of benzene rings is 1. The molecule has 1 aromatic heterocycles. The van der Waals surface area contributed by atoms with Crippen LogP contribution >= 0.6 is 11.3 Å². The molecule has 8 nitrogen and oxygen atoms in total. The van der Waals surface area contributed by atoms with Gasteiger partial charge in [0.1, 0.15) is 11.6 Å². The van der Waals surface area contributed by atoms with Gasteiger partial charge in [-0.2, -0.15) is 0 Å². The number of fused-ring (bicyclic) bond motifs is 1. The summed E-state index contributed by atoms with van der Waals surface area (Å²) in [7, 11) is 0. The highest BCUT2D eigenvalue weighted by molar-refractivity contribution is 7.19. The molecule has 1 aliphatic heterocycles. The van der Waals surface area contributed by atoms with Crippen molar-refractivity contribution in [3.05, 3.63) is 46.6 Å². The van der Waals surface area contributed by atoms with Crippen molar-refractivity contribution < 1.29 is 23.9 Å². The minimum Gasteiger partial charge on any atom is -0.463 e. The molecule has 0 radical (unpaired) electrons. The number of aromatic nitrogens is 1. The second kappa shape index (κ2) is 8.66. The van der Waals surface area contributed by atoms with Crippen molar-refractivity contribution in [1.82, 2.24) is 15.6 Å². The summed E-state index contributed by atoms with van der Waals surface area (Å²) < 4.78 is 11.2. The molecule has 2 heterocycles. The lowest BCUT2D eigenvalue weighted by molar-refractivity contribution is -0.140. The van der Waals surface area contributed by atoms with E-state index in [1.807, 2.05) is 24.3 Å². The van der Waals surface area contributed by atoms with E-state index < -0.39 is 24.0 Å². The minimum absolute atomic E-state index is 0.195. The third-order valence-corrected chi connectivity index (χ3v) is 4.90. The van der Waals surface area contributed by atoms with Gasteiger partial charge in [0.25, 0.3) is 0 Å². The molecule has 0 spiro atoms. The summed E-state index contributed by atoms with van der Waals surface area (Å²) in [6.45, 7) is 3.28. The van der Waals surface area contributed by atoms with Crippen LogP contribution in [0.4, 0.5) is 4.79 Å². The summed E-state index contributed by atoms with van der Waals surface area (Å²) in [6.07, 6.45) is 2.83. The van der Waals surface area contributed by atoms with Gasteiger partial charge in [0, 0.05) is 6.08 Å². The molecule has 3 rings (SSSR count). The van der Waals surface area contributed by atoms with Crippen LogP contribution in [0.15, 0.2) is 41.6 Å². The lowest BCUT2D eigenvalue weighted by atomic mass is 10.0. The van der Waals surface area contributed by atoms with Crippen LogP contribution in [0.25, 0.3) is 16.3 Å². The third-order valence-electron chi connectivity index (χ3n) is 3.90. The highest BCUT2D eigenvalue weighted by atomic mass is 32.1. The van der Waals surface area contributed by atoms with Crippen molar-refractivity contribution >= 4 is 45.6 Å². The number of rotatable bonds is 6. The van der Waals surface area contributed by atoms with Crippen molar-refractivity contribution in [2.45, 2.75) is 19.9 Å². The number of amides is 2. The number of ether oxygens (including phenoxy) is 2. The van der Waals surface area contributed by atoms with Crippen molar-refractivity contribution in [3.8, 4) is 0 Å². The van der Waals surface area contributed by atoms with Gasteiger partial charge >= 0.3 is 18.0 Å². The standard InChI is InChI=1S/C19H19N3O5S/c1-3-26-18(24)17-11(2)20-19(25)22-13(17)10-27-16(23)9-8-15-21-12-6-4-5-7-14(12)28-15/h4-9,11H,3,10H2,1-2H3,(H2,20,22,25)/b9-8+/t11-/m0/s1. The van der Waals surface area contributed by atoms with E-state index in [2.05, 4.69) is 15.6 Å². The number of hydrogen-bond donors (Lipinski definition) is 2. The van der Waals surface area contributed by atoms with E-state index in [4.69, 9.17) is 9.47 Å². The molecule has 0 bridgehead atoms. The molecule has 2 amide bonds. The molecule has 9 heteroatoms. The number of carbonyl (C=O) groups is 3. The summed E-state index contributed by atoms with van der Waals surface area (Å²) in [5.41, 5.74) is 1.29. The van der Waals surface area contributed by atoms with Crippen molar-refractivity contribution in [1.29, 1.82) is 0 Å². The van der Waals surface area contributed by atoms with E-state index in [1.54, 1.807) is 19.9 Å². The maximum Gasteiger partial charge on any atom is 0.338 e. The third kappa shape index (κ3) is 4.55. The van der Waals surface area contributed by atoms with E-state index in [0.29, 0.717) is 5.01 Å². The van der Waals surface area contributed by atoms with Gasteiger partial charge in [0.15, 0.2) is 0 Å². The van der Waals surface area contributed by atoms with Crippen LogP contribution in [0.3, 0.4) is 0 Å². The van der Waals surface area contributed by atoms with Gasteiger partial charge in [-0.1, -0.05) is 12.1 Å². The monoisotopic (exact) mass is 401 g/mol. The van der Waals surface area contributed by atoms with Crippen molar-refractivity contribution in [2.24, 2.45) is 0 Å². The zero-order valence-corrected chi connectivity index (χ0v) is 16.2. The maximum absolute atomic E-state index is 12.1. The maximum atomic E-state index is 12.1. The summed E-state index contributed by atoms with van der Waals surface area (Å²) in [5.74, 6) is -1.19. The first kappa shape index (κ1) is 19.6. The van der Waals surface area contributed by atoms with Crippen molar-refractivity contribution in [2.75, 3.05) is 13.2 Å². The fourth-order valence-electron chi connectivity index (χ4n) is 2.69. The number of hydrogen-bond acceptors (Lipinski definition) is 7. The average molecular weight is 401 g/mol. The number of para-hydroxylation sites is 1. The summed E-state index contributed by atoms with van der Waals surface area (Å²) >= 11 is 1.45. The number of carbonyl (C=O) groups excluding carboxylic acids is 3. The van der Waals surface area contributed by atoms with Gasteiger partial charge < -0.3 is 20.1 Å². The second-order valence-corrected chi connectivity index (χ2v) is 6.96. The minimum atomic E-state index is -0.615. The predicted molar refractivity (Wildman–Crippen MR) is 104 cm³/mol. The van der Waals surface area contributed by atoms with Crippen LogP contribution < -0.4 is 10.6 Å². The molecule has 2 aromatic rings. The Morgan fingerprint density at radius 2 is 2.07 bits per heavy atom. The predicted octanol–water partition coefficient (Wildman–Crippen LogP) is 2.37. The SMILES string of the molecule is CCOC(=O)C1=C(COC(=O)/C=C/c2nc3ccccc3s2)NC(=O)N[C@H]1C. The Morgan fingerprint density at radius 1 is 1.29 bits per heavy atom. The van der Waals surface area contributed by atoms with Crippen LogP contribution in [0.5, 0.6) is 0 Å². The van der Waals surface area contributed by atoms with Crippen LogP contribution in [0.2, 0.25) is 0 Å². The Kier molecular flexibility index (Phi) is 6.05. The van der Waals surface area contributed by atoms with Crippen LogP contribution in [-0.4, -0.2) is 42.2 Å². The molecule has 0 unspecified atom stereocenters. The lowest BCUT2D eigenvalue weighted by Crippen LogP contribution is -2.50. The Morgan fingerprint density at radius 3 is 2.82 bits per heavy atom. The molecule has 1 aliphatic rings. The van der Waals surface area contributed by atoms with Gasteiger partial charge in [-0.3, -0.25) is 0 Å². The Labute approximate surface area is 165 Å². The topological polar surface area (TPSA) is 107 Å². The Balaban J connectivity index is 1.68. The van der Waals surface area contributed by atoms with Crippen LogP contribution in [0.1, 0.15) is 18.9 Å². The molecule has 0 saturated carbocycles. The van der Waals surface area contributed by atoms with Crippen LogP contribution in [-0.2, 0) is 19.1 Å². The summed E-state index contributed by atoms with van der Waals surface area (Å²) in [5, 5.41) is 5.75. The molecule has 146 valence electrons. The smallest absolute Gasteiger partial charge is 0.338 e. The van der Waals surface area contributed by atoms with Gasteiger partial charge in [-0.05, 0) is 32.1 Å². The van der Waals surface area contributed by atoms with Gasteiger partial charge in [-0.15, -0.1) is 11.3 Å². The van der Waals surface area contributed by atoms with E-state index in [-0.39, 0.29) is 24.5 Å². The summed E-state index contributed by atoms with van der Waals surface area (Å²) in [6, 6.07) is 6.63.